The van der Waals surface area contributed by atoms with Crippen LogP contribution in [0.1, 0.15) is 32.6 Å². The number of carbonyl (C=O) groups is 1. The van der Waals surface area contributed by atoms with Crippen LogP contribution in [0.15, 0.2) is 30.0 Å². The van der Waals surface area contributed by atoms with Gasteiger partial charge in [-0.1, -0.05) is 6.92 Å². The first-order chi connectivity index (χ1) is 12.1. The molecule has 1 aromatic rings. The molecule has 1 aliphatic rings. The van der Waals surface area contributed by atoms with Crippen molar-refractivity contribution in [3.8, 4) is 17.6 Å². The van der Waals surface area contributed by atoms with Crippen LogP contribution in [0.4, 0.5) is 5.69 Å². The van der Waals surface area contributed by atoms with Crippen molar-refractivity contribution in [2.75, 3.05) is 26.1 Å². The van der Waals surface area contributed by atoms with E-state index in [-0.39, 0.29) is 5.57 Å². The Bertz CT molecular complexity index is 679. The molecular weight excluding hydrogens is 318 g/mol. The molecule has 0 radical (unpaired) electrons. The molecule has 0 saturated carbocycles. The number of hydrogen-bond acceptors (Lipinski definition) is 5. The van der Waals surface area contributed by atoms with Gasteiger partial charge in [-0.3, -0.25) is 4.79 Å². The van der Waals surface area contributed by atoms with E-state index in [1.54, 1.807) is 31.5 Å². The Morgan fingerprint density at radius 2 is 2.12 bits per heavy atom. The molecule has 1 fully saturated rings. The van der Waals surface area contributed by atoms with E-state index in [9.17, 15) is 10.1 Å². The smallest absolute Gasteiger partial charge is 0.267 e. The lowest BCUT2D eigenvalue weighted by atomic mass is 10.0. The number of anilines is 1. The minimum Gasteiger partial charge on any atom is -0.493 e. The molecule has 1 heterocycles. The minimum absolute atomic E-state index is 0.107. The number of methoxy groups -OCH3 is 2. The van der Waals surface area contributed by atoms with Crippen LogP contribution in [0.2, 0.25) is 0 Å². The van der Waals surface area contributed by atoms with E-state index in [0.717, 1.165) is 25.8 Å². The normalized spacial score (nSPS) is 17.6. The number of benzene rings is 1. The summed E-state index contributed by atoms with van der Waals surface area (Å²) in [6.07, 6.45) is 6.09. The second-order valence-electron chi connectivity index (χ2n) is 5.97. The number of nitrogens with zero attached hydrogens (tertiary/aromatic N) is 2. The number of hydrogen-bond donors (Lipinski definition) is 1. The number of rotatable bonds is 6. The first-order valence-corrected chi connectivity index (χ1v) is 8.54. The van der Waals surface area contributed by atoms with Gasteiger partial charge in [0.2, 0.25) is 0 Å². The third kappa shape index (κ3) is 4.66. The highest BCUT2D eigenvalue weighted by Crippen LogP contribution is 2.30. The standard InChI is InChI=1S/C19H25N3O3/c1-4-16-7-5-6-10-22(16)13-14(12-20)19(23)21-15-8-9-17(24-2)18(11-15)25-3/h8-9,11,13,16H,4-7,10H2,1-3H3,(H,21,23)/b14-13-. The molecule has 0 aliphatic carbocycles. The fraction of sp³-hybridized carbons (Fsp3) is 0.474. The van der Waals surface area contributed by atoms with Gasteiger partial charge in [0.25, 0.3) is 5.91 Å². The molecule has 1 amide bonds. The molecule has 6 nitrogen and oxygen atoms in total. The Hall–Kier alpha value is -2.68. The van der Waals surface area contributed by atoms with Crippen LogP contribution in [0.5, 0.6) is 11.5 Å². The third-order valence-corrected chi connectivity index (χ3v) is 4.45. The van der Waals surface area contributed by atoms with E-state index in [4.69, 9.17) is 9.47 Å². The van der Waals surface area contributed by atoms with Crippen molar-refractivity contribution in [2.24, 2.45) is 0 Å². The van der Waals surface area contributed by atoms with Crippen LogP contribution in [0, 0.1) is 11.3 Å². The molecule has 1 saturated heterocycles. The molecular formula is C19H25N3O3. The van der Waals surface area contributed by atoms with Gasteiger partial charge in [0.1, 0.15) is 11.6 Å². The first kappa shape index (κ1) is 18.7. The molecule has 0 bridgehead atoms. The molecule has 1 aromatic carbocycles. The summed E-state index contributed by atoms with van der Waals surface area (Å²) in [6, 6.07) is 7.50. The highest BCUT2D eigenvalue weighted by Gasteiger charge is 2.20. The first-order valence-electron chi connectivity index (χ1n) is 8.54. The summed E-state index contributed by atoms with van der Waals surface area (Å²) in [6.45, 7) is 3.01. The van der Waals surface area contributed by atoms with Gasteiger partial charge in [-0.25, -0.2) is 0 Å². The van der Waals surface area contributed by atoms with E-state index in [2.05, 4.69) is 17.1 Å². The Morgan fingerprint density at radius 1 is 1.36 bits per heavy atom. The molecule has 1 unspecified atom stereocenters. The van der Waals surface area contributed by atoms with Gasteiger partial charge in [-0.05, 0) is 37.8 Å². The quantitative estimate of drug-likeness (QED) is 0.633. The summed E-state index contributed by atoms with van der Waals surface area (Å²) in [7, 11) is 3.08. The van der Waals surface area contributed by atoms with Crippen LogP contribution < -0.4 is 14.8 Å². The van der Waals surface area contributed by atoms with Gasteiger partial charge in [-0.15, -0.1) is 0 Å². The Morgan fingerprint density at radius 3 is 2.76 bits per heavy atom. The Kier molecular flexibility index (Phi) is 6.70. The van der Waals surface area contributed by atoms with Crippen molar-refractivity contribution >= 4 is 11.6 Å². The predicted molar refractivity (Wildman–Crippen MR) is 96.5 cm³/mol. The lowest BCUT2D eigenvalue weighted by Gasteiger charge is -2.34. The van der Waals surface area contributed by atoms with E-state index < -0.39 is 5.91 Å². The van der Waals surface area contributed by atoms with Crippen LogP contribution in [0.25, 0.3) is 0 Å². The van der Waals surface area contributed by atoms with Crippen LogP contribution in [0.3, 0.4) is 0 Å². The van der Waals surface area contributed by atoms with Gasteiger partial charge in [0, 0.05) is 30.5 Å². The maximum absolute atomic E-state index is 12.5. The molecule has 1 aliphatic heterocycles. The summed E-state index contributed by atoms with van der Waals surface area (Å²) < 4.78 is 10.4. The maximum Gasteiger partial charge on any atom is 0.267 e. The van der Waals surface area contributed by atoms with Gasteiger partial charge in [-0.2, -0.15) is 5.26 Å². The second-order valence-corrected chi connectivity index (χ2v) is 5.97. The van der Waals surface area contributed by atoms with Crippen molar-refractivity contribution < 1.29 is 14.3 Å². The largest absolute Gasteiger partial charge is 0.493 e. The Labute approximate surface area is 149 Å². The minimum atomic E-state index is -0.421. The molecule has 0 aromatic heterocycles. The number of piperidine rings is 1. The fourth-order valence-electron chi connectivity index (χ4n) is 3.05. The zero-order valence-corrected chi connectivity index (χ0v) is 15.0. The van der Waals surface area contributed by atoms with E-state index >= 15 is 0 Å². The predicted octanol–water partition coefficient (Wildman–Crippen LogP) is 3.31. The number of amides is 1. The number of nitrogens with one attached hydrogen (secondary N) is 1. The van der Waals surface area contributed by atoms with Gasteiger partial charge in [0.05, 0.1) is 14.2 Å². The average molecular weight is 343 g/mol. The maximum atomic E-state index is 12.5. The zero-order chi connectivity index (χ0) is 18.2. The topological polar surface area (TPSA) is 74.6 Å². The van der Waals surface area contributed by atoms with Crippen molar-refractivity contribution in [3.05, 3.63) is 30.0 Å². The van der Waals surface area contributed by atoms with Gasteiger partial charge >= 0.3 is 0 Å². The average Bonchev–Trinajstić information content (AvgIpc) is 2.66. The summed E-state index contributed by atoms with van der Waals surface area (Å²) in [5.41, 5.74) is 0.657. The second kappa shape index (κ2) is 8.97. The van der Waals surface area contributed by atoms with E-state index in [0.29, 0.717) is 23.2 Å². The SMILES string of the molecule is CCC1CCCCN1/C=C(/C#N)C(=O)Nc1ccc(OC)c(OC)c1. The van der Waals surface area contributed by atoms with Crippen LogP contribution in [-0.4, -0.2) is 37.6 Å². The summed E-state index contributed by atoms with van der Waals surface area (Å²) in [5, 5.41) is 12.1. The number of nitriles is 1. The van der Waals surface area contributed by atoms with Crippen molar-refractivity contribution in [3.63, 3.8) is 0 Å². The molecule has 1 N–H and O–H groups in total. The highest BCUT2D eigenvalue weighted by molar-refractivity contribution is 6.06. The van der Waals surface area contributed by atoms with E-state index in [1.807, 2.05) is 6.07 Å². The van der Waals surface area contributed by atoms with E-state index in [1.165, 1.54) is 13.5 Å². The number of carbonyl (C=O) groups excluding carboxylic acids is 1. The lowest BCUT2D eigenvalue weighted by molar-refractivity contribution is -0.112. The molecule has 134 valence electrons. The lowest BCUT2D eigenvalue weighted by Crippen LogP contribution is -2.35. The molecule has 1 atom stereocenters. The molecule has 2 rings (SSSR count). The number of ether oxygens (including phenoxy) is 2. The van der Waals surface area contributed by atoms with Gasteiger partial charge < -0.3 is 19.7 Å². The van der Waals surface area contributed by atoms with Crippen molar-refractivity contribution in [1.82, 2.24) is 4.90 Å². The molecule has 0 spiro atoms. The summed E-state index contributed by atoms with van der Waals surface area (Å²) in [5.74, 6) is 0.677. The molecule has 6 heteroatoms. The summed E-state index contributed by atoms with van der Waals surface area (Å²) in [4.78, 5) is 14.6. The fourth-order valence-corrected chi connectivity index (χ4v) is 3.05. The zero-order valence-electron chi connectivity index (χ0n) is 15.0. The molecule has 25 heavy (non-hydrogen) atoms. The highest BCUT2D eigenvalue weighted by atomic mass is 16.5. The Balaban J connectivity index is 2.14. The number of likely N-dealkylation sites (tertiary alicyclic amines) is 1. The van der Waals surface area contributed by atoms with Crippen LogP contribution >= 0.6 is 0 Å². The van der Waals surface area contributed by atoms with Crippen molar-refractivity contribution in [2.45, 2.75) is 38.6 Å². The third-order valence-electron chi connectivity index (χ3n) is 4.45. The van der Waals surface area contributed by atoms with Crippen molar-refractivity contribution in [1.29, 1.82) is 5.26 Å². The monoisotopic (exact) mass is 343 g/mol. The van der Waals surface area contributed by atoms with Crippen LogP contribution in [-0.2, 0) is 4.79 Å². The van der Waals surface area contributed by atoms with Gasteiger partial charge in [0.15, 0.2) is 11.5 Å². The summed E-state index contributed by atoms with van der Waals surface area (Å²) >= 11 is 0.